The minimum Gasteiger partial charge on any atom is -0.207 e. The fourth-order valence-electron chi connectivity index (χ4n) is 2.87. The predicted octanol–water partition coefficient (Wildman–Crippen LogP) is 6.12. The topological polar surface area (TPSA) is 0 Å². The van der Waals surface area contributed by atoms with Gasteiger partial charge in [-0.3, -0.25) is 0 Å². The summed E-state index contributed by atoms with van der Waals surface area (Å²) in [7, 11) is 0. The molecule has 0 aliphatic rings. The summed E-state index contributed by atoms with van der Waals surface area (Å²) in [6.07, 6.45) is 2.50. The second-order valence-corrected chi connectivity index (χ2v) is 6.11. The lowest BCUT2D eigenvalue weighted by Crippen LogP contribution is -1.95. The van der Waals surface area contributed by atoms with Gasteiger partial charge in [0.25, 0.3) is 0 Å². The van der Waals surface area contributed by atoms with Crippen LogP contribution < -0.4 is 0 Å². The molecule has 0 atom stereocenters. The number of aryl methyl sites for hydroxylation is 3. The quantitative estimate of drug-likeness (QED) is 0.525. The number of benzene rings is 3. The van der Waals surface area contributed by atoms with E-state index in [-0.39, 0.29) is 11.1 Å². The molecule has 0 aliphatic carbocycles. The van der Waals surface area contributed by atoms with Crippen LogP contribution >= 0.6 is 0 Å². The van der Waals surface area contributed by atoms with Crippen LogP contribution in [0.1, 0.15) is 23.6 Å². The first-order chi connectivity index (χ1) is 12.1. The van der Waals surface area contributed by atoms with Crippen LogP contribution in [0.4, 0.5) is 13.2 Å². The van der Waals surface area contributed by atoms with Crippen molar-refractivity contribution in [2.45, 2.75) is 26.2 Å². The molecule has 3 rings (SSSR count). The van der Waals surface area contributed by atoms with Crippen molar-refractivity contribution in [3.63, 3.8) is 0 Å². The summed E-state index contributed by atoms with van der Waals surface area (Å²) in [6, 6.07) is 16.1. The van der Waals surface area contributed by atoms with Crippen LogP contribution in [-0.4, -0.2) is 0 Å². The van der Waals surface area contributed by atoms with E-state index in [4.69, 9.17) is 0 Å². The van der Waals surface area contributed by atoms with E-state index in [0.29, 0.717) is 6.42 Å². The molecule has 128 valence electrons. The second-order valence-electron chi connectivity index (χ2n) is 6.11. The molecule has 0 N–H and O–H groups in total. The fourth-order valence-corrected chi connectivity index (χ4v) is 2.87. The number of rotatable bonds is 5. The lowest BCUT2D eigenvalue weighted by Gasteiger charge is -2.08. The maximum Gasteiger partial charge on any atom is 0.131 e. The molecular weight excluding hydrogens is 321 g/mol. The zero-order valence-electron chi connectivity index (χ0n) is 14.0. The van der Waals surface area contributed by atoms with Gasteiger partial charge in [0.1, 0.15) is 17.5 Å². The molecule has 0 radical (unpaired) electrons. The van der Waals surface area contributed by atoms with Crippen molar-refractivity contribution in [1.82, 2.24) is 0 Å². The largest absolute Gasteiger partial charge is 0.207 e. The summed E-state index contributed by atoms with van der Waals surface area (Å²) in [6.45, 7) is 2.11. The van der Waals surface area contributed by atoms with E-state index >= 15 is 0 Å². The molecule has 3 aromatic carbocycles. The van der Waals surface area contributed by atoms with Gasteiger partial charge in [0, 0.05) is 11.1 Å². The van der Waals surface area contributed by atoms with Crippen molar-refractivity contribution < 1.29 is 13.2 Å². The highest BCUT2D eigenvalue weighted by Crippen LogP contribution is 2.27. The zero-order valence-corrected chi connectivity index (χ0v) is 14.0. The molecule has 0 aromatic heterocycles. The van der Waals surface area contributed by atoms with E-state index in [9.17, 15) is 13.2 Å². The monoisotopic (exact) mass is 340 g/mol. The smallest absolute Gasteiger partial charge is 0.131 e. The molecule has 0 saturated carbocycles. The van der Waals surface area contributed by atoms with Crippen LogP contribution in [0.2, 0.25) is 0 Å². The Morgan fingerprint density at radius 1 is 0.600 bits per heavy atom. The third-order valence-electron chi connectivity index (χ3n) is 4.39. The molecule has 0 saturated heterocycles. The highest BCUT2D eigenvalue weighted by molar-refractivity contribution is 5.65. The normalized spacial score (nSPS) is 10.9. The first-order valence-electron chi connectivity index (χ1n) is 8.38. The van der Waals surface area contributed by atoms with Crippen molar-refractivity contribution in [2.24, 2.45) is 0 Å². The van der Waals surface area contributed by atoms with Crippen LogP contribution in [0.3, 0.4) is 0 Å². The third-order valence-corrected chi connectivity index (χ3v) is 4.39. The van der Waals surface area contributed by atoms with E-state index in [1.54, 1.807) is 6.07 Å². The summed E-state index contributed by atoms with van der Waals surface area (Å²) < 4.78 is 41.5. The summed E-state index contributed by atoms with van der Waals surface area (Å²) in [5, 5.41) is 0. The first-order valence-corrected chi connectivity index (χ1v) is 8.38. The average Bonchev–Trinajstić information content (AvgIpc) is 2.63. The van der Waals surface area contributed by atoms with Crippen molar-refractivity contribution >= 4 is 0 Å². The molecule has 0 heterocycles. The van der Waals surface area contributed by atoms with Crippen LogP contribution in [0.15, 0.2) is 60.7 Å². The van der Waals surface area contributed by atoms with Crippen LogP contribution in [-0.2, 0) is 19.3 Å². The van der Waals surface area contributed by atoms with Crippen LogP contribution in [0, 0.1) is 17.5 Å². The Morgan fingerprint density at radius 2 is 1.24 bits per heavy atom. The zero-order chi connectivity index (χ0) is 17.8. The summed E-state index contributed by atoms with van der Waals surface area (Å²) in [5.41, 5.74) is 3.33. The lowest BCUT2D eigenvalue weighted by atomic mass is 9.99. The van der Waals surface area contributed by atoms with Crippen molar-refractivity contribution in [3.8, 4) is 11.1 Å². The first kappa shape index (κ1) is 17.3. The standard InChI is InChI=1S/C22H19F3/c1-2-15-3-5-16(6-4-15)7-8-17-9-11-19(22(25)13-17)20-14-18(23)10-12-21(20)24/h3-6,9-14H,2,7-8H2,1H3. The maximum absolute atomic E-state index is 14.4. The Labute approximate surface area is 146 Å². The van der Waals surface area contributed by atoms with Crippen LogP contribution in [0.25, 0.3) is 11.1 Å². The second kappa shape index (κ2) is 7.56. The lowest BCUT2D eigenvalue weighted by molar-refractivity contribution is 0.597. The van der Waals surface area contributed by atoms with Crippen molar-refractivity contribution in [3.05, 3.63) is 94.8 Å². The molecule has 0 nitrogen and oxygen atoms in total. The van der Waals surface area contributed by atoms with Gasteiger partial charge in [-0.2, -0.15) is 0 Å². The highest BCUT2D eigenvalue weighted by atomic mass is 19.1. The van der Waals surface area contributed by atoms with Crippen molar-refractivity contribution in [2.75, 3.05) is 0 Å². The van der Waals surface area contributed by atoms with Gasteiger partial charge < -0.3 is 0 Å². The minimum absolute atomic E-state index is 0.0563. The summed E-state index contributed by atoms with van der Waals surface area (Å²) >= 11 is 0. The molecule has 3 heteroatoms. The van der Waals surface area contributed by atoms with E-state index in [2.05, 4.69) is 31.2 Å². The molecule has 0 bridgehead atoms. The Kier molecular flexibility index (Phi) is 5.22. The molecule has 0 fully saturated rings. The molecule has 3 aromatic rings. The molecular formula is C22H19F3. The van der Waals surface area contributed by atoms with E-state index in [1.807, 2.05) is 0 Å². The minimum atomic E-state index is -0.635. The number of hydrogen-bond acceptors (Lipinski definition) is 0. The van der Waals surface area contributed by atoms with Gasteiger partial charge in [0.15, 0.2) is 0 Å². The van der Waals surface area contributed by atoms with Crippen LogP contribution in [0.5, 0.6) is 0 Å². The number of hydrogen-bond donors (Lipinski definition) is 0. The predicted molar refractivity (Wildman–Crippen MR) is 95.0 cm³/mol. The van der Waals surface area contributed by atoms with Gasteiger partial charge in [-0.25, -0.2) is 13.2 Å². The fraction of sp³-hybridized carbons (Fsp3) is 0.182. The van der Waals surface area contributed by atoms with Gasteiger partial charge in [0.05, 0.1) is 0 Å². The average molecular weight is 340 g/mol. The Morgan fingerprint density at radius 3 is 1.92 bits per heavy atom. The molecule has 0 unspecified atom stereocenters. The van der Waals surface area contributed by atoms with E-state index in [0.717, 1.165) is 36.6 Å². The highest BCUT2D eigenvalue weighted by Gasteiger charge is 2.12. The summed E-state index contributed by atoms with van der Waals surface area (Å²) in [5.74, 6) is -1.76. The number of halogens is 3. The Bertz CT molecular complexity index is 867. The van der Waals surface area contributed by atoms with Gasteiger partial charge in [-0.05, 0) is 60.2 Å². The third kappa shape index (κ3) is 4.11. The van der Waals surface area contributed by atoms with Crippen molar-refractivity contribution in [1.29, 1.82) is 0 Å². The summed E-state index contributed by atoms with van der Waals surface area (Å²) in [4.78, 5) is 0. The Hall–Kier alpha value is -2.55. The van der Waals surface area contributed by atoms with E-state index < -0.39 is 17.5 Å². The Balaban J connectivity index is 1.76. The maximum atomic E-state index is 14.4. The van der Waals surface area contributed by atoms with E-state index in [1.165, 1.54) is 23.3 Å². The van der Waals surface area contributed by atoms with Gasteiger partial charge in [-0.1, -0.05) is 43.3 Å². The molecule has 0 aliphatic heterocycles. The van der Waals surface area contributed by atoms with Gasteiger partial charge in [0.2, 0.25) is 0 Å². The van der Waals surface area contributed by atoms with Gasteiger partial charge >= 0.3 is 0 Å². The molecule has 25 heavy (non-hydrogen) atoms. The van der Waals surface area contributed by atoms with Gasteiger partial charge in [-0.15, -0.1) is 0 Å². The SMILES string of the molecule is CCc1ccc(CCc2ccc(-c3cc(F)ccc3F)c(F)c2)cc1. The molecule has 0 amide bonds. The molecule has 0 spiro atoms.